The molecular formula is C41H65F3O2. The van der Waals surface area contributed by atoms with E-state index in [-0.39, 0.29) is 30.6 Å². The third-order valence-corrected chi connectivity index (χ3v) is 13.9. The monoisotopic (exact) mass is 646 g/mol. The number of rotatable bonds is 8. The lowest BCUT2D eigenvalue weighted by atomic mass is 9.63. The maximum absolute atomic E-state index is 14.2. The number of alkyl halides is 3. The minimum Gasteiger partial charge on any atom is -0.388 e. The Bertz CT molecular complexity index is 1040. The van der Waals surface area contributed by atoms with Gasteiger partial charge in [0.05, 0.1) is 12.0 Å². The van der Waals surface area contributed by atoms with Gasteiger partial charge in [-0.1, -0.05) is 64.0 Å². The molecule has 2 nitrogen and oxygen atoms in total. The topological polar surface area (TPSA) is 29.5 Å². The normalized spacial score (nSPS) is 38.7. The van der Waals surface area contributed by atoms with Crippen LogP contribution in [0.25, 0.3) is 0 Å². The summed E-state index contributed by atoms with van der Waals surface area (Å²) in [7, 11) is 0. The van der Waals surface area contributed by atoms with Crippen LogP contribution in [0.15, 0.2) is 36.0 Å². The summed E-state index contributed by atoms with van der Waals surface area (Å²) < 4.78 is 48.4. The molecule has 1 saturated heterocycles. The van der Waals surface area contributed by atoms with Crippen molar-refractivity contribution in [2.75, 3.05) is 13.2 Å². The Morgan fingerprint density at radius 1 is 0.913 bits per heavy atom. The SMILES string of the molecule is C=C1CCCC(CC2CC(C(=C)C(O)C3CCC(C)C(C(C)C4=CCC(C5CCOCC5)CCC4C)C3)CC(C(F)(F)F)C2)CC1. The van der Waals surface area contributed by atoms with Gasteiger partial charge in [0.2, 0.25) is 0 Å². The standard InChI is InChI=1S/C41H65F3O2/c1-26-7-6-8-31(12-9-26)21-32-22-36(24-37(23-32)41(42,43)44)29(4)40(45)35-14-11-28(3)39(25-35)30(5)38-16-15-33(13-10-27(38)2)34-17-19-46-20-18-34/h16,27-28,30-37,39-40,45H,1,4,6-15,17-25H2,2-3,5H3. The number of ether oxygens (including phenoxy) is 1. The molecule has 4 fully saturated rings. The van der Waals surface area contributed by atoms with Gasteiger partial charge in [-0.05, 0) is 161 Å². The lowest BCUT2D eigenvalue weighted by molar-refractivity contribution is -0.190. The Labute approximate surface area is 279 Å². The Morgan fingerprint density at radius 3 is 2.41 bits per heavy atom. The number of halogens is 3. The highest BCUT2D eigenvalue weighted by atomic mass is 19.4. The van der Waals surface area contributed by atoms with Crippen LogP contribution in [0.3, 0.4) is 0 Å². The fourth-order valence-corrected chi connectivity index (χ4v) is 10.9. The zero-order valence-corrected chi connectivity index (χ0v) is 29.3. The summed E-state index contributed by atoms with van der Waals surface area (Å²) in [6, 6.07) is 0. The van der Waals surface area contributed by atoms with E-state index in [2.05, 4.69) is 40.0 Å². The molecule has 4 aliphatic carbocycles. The Hall–Kier alpha value is -1.07. The molecular weight excluding hydrogens is 581 g/mol. The van der Waals surface area contributed by atoms with Gasteiger partial charge >= 0.3 is 6.18 Å². The minimum atomic E-state index is -4.19. The molecule has 0 aromatic rings. The van der Waals surface area contributed by atoms with Crippen molar-refractivity contribution in [1.82, 2.24) is 0 Å². The van der Waals surface area contributed by atoms with Gasteiger partial charge in [-0.25, -0.2) is 0 Å². The van der Waals surface area contributed by atoms with Crippen LogP contribution in [0.4, 0.5) is 13.2 Å². The molecule has 0 amide bonds. The average molecular weight is 647 g/mol. The fraction of sp³-hybridized carbons (Fsp3) is 0.854. The number of aliphatic hydroxyl groups excluding tert-OH is 1. The van der Waals surface area contributed by atoms with Crippen molar-refractivity contribution in [3.8, 4) is 0 Å². The third kappa shape index (κ3) is 9.13. The zero-order chi connectivity index (χ0) is 33.0. The molecule has 0 aromatic carbocycles. The Kier molecular flexibility index (Phi) is 12.7. The summed E-state index contributed by atoms with van der Waals surface area (Å²) in [6.45, 7) is 17.6. The number of hydrogen-bond acceptors (Lipinski definition) is 2. The molecule has 0 aromatic heterocycles. The summed E-state index contributed by atoms with van der Waals surface area (Å²) >= 11 is 0. The van der Waals surface area contributed by atoms with Crippen LogP contribution in [0, 0.1) is 65.1 Å². The van der Waals surface area contributed by atoms with E-state index in [1.807, 2.05) is 0 Å². The fourth-order valence-electron chi connectivity index (χ4n) is 10.9. The number of hydrogen-bond donors (Lipinski definition) is 1. The van der Waals surface area contributed by atoms with E-state index >= 15 is 0 Å². The van der Waals surface area contributed by atoms with Crippen LogP contribution in [-0.4, -0.2) is 30.6 Å². The summed E-state index contributed by atoms with van der Waals surface area (Å²) in [5.74, 6) is 2.77. The van der Waals surface area contributed by atoms with E-state index in [1.54, 1.807) is 5.57 Å². The summed E-state index contributed by atoms with van der Waals surface area (Å²) in [6.07, 6.45) is 14.1. The maximum atomic E-state index is 14.2. The van der Waals surface area contributed by atoms with Crippen molar-refractivity contribution in [1.29, 1.82) is 0 Å². The molecule has 11 unspecified atom stereocenters. The first-order chi connectivity index (χ1) is 21.9. The predicted octanol–water partition coefficient (Wildman–Crippen LogP) is 11.5. The van der Waals surface area contributed by atoms with Crippen LogP contribution < -0.4 is 0 Å². The van der Waals surface area contributed by atoms with Crippen LogP contribution in [0.5, 0.6) is 0 Å². The molecule has 1 N–H and O–H groups in total. The molecule has 5 aliphatic rings. The number of allylic oxidation sites excluding steroid dienone is 3. The predicted molar refractivity (Wildman–Crippen MR) is 183 cm³/mol. The van der Waals surface area contributed by atoms with E-state index < -0.39 is 18.2 Å². The first kappa shape index (κ1) is 36.2. The van der Waals surface area contributed by atoms with Gasteiger partial charge in [-0.15, -0.1) is 0 Å². The van der Waals surface area contributed by atoms with Crippen molar-refractivity contribution < 1.29 is 23.0 Å². The van der Waals surface area contributed by atoms with Crippen molar-refractivity contribution in [2.45, 2.75) is 142 Å². The number of aliphatic hydroxyl groups is 1. The molecule has 11 atom stereocenters. The van der Waals surface area contributed by atoms with Gasteiger partial charge in [-0.3, -0.25) is 0 Å². The second kappa shape index (κ2) is 16.1. The van der Waals surface area contributed by atoms with Crippen molar-refractivity contribution in [3.05, 3.63) is 36.0 Å². The quantitative estimate of drug-likeness (QED) is 0.210. The highest BCUT2D eigenvalue weighted by Crippen LogP contribution is 2.50. The summed E-state index contributed by atoms with van der Waals surface area (Å²) in [5, 5.41) is 11.8. The average Bonchev–Trinajstić information content (AvgIpc) is 3.37. The van der Waals surface area contributed by atoms with E-state index in [1.165, 1.54) is 37.7 Å². The molecule has 0 spiro atoms. The van der Waals surface area contributed by atoms with Crippen LogP contribution in [-0.2, 0) is 4.74 Å². The van der Waals surface area contributed by atoms with Crippen molar-refractivity contribution >= 4 is 0 Å². The molecule has 0 bridgehead atoms. The van der Waals surface area contributed by atoms with Gasteiger partial charge in [0, 0.05) is 13.2 Å². The molecule has 3 saturated carbocycles. The molecule has 262 valence electrons. The first-order valence-corrected chi connectivity index (χ1v) is 19.3. The van der Waals surface area contributed by atoms with Crippen LogP contribution in [0.2, 0.25) is 0 Å². The van der Waals surface area contributed by atoms with Gasteiger partial charge < -0.3 is 9.84 Å². The third-order valence-electron chi connectivity index (χ3n) is 13.9. The first-order valence-electron chi connectivity index (χ1n) is 19.3. The summed E-state index contributed by atoms with van der Waals surface area (Å²) in [5.41, 5.74) is 3.61. The lowest BCUT2D eigenvalue weighted by Gasteiger charge is -2.43. The van der Waals surface area contributed by atoms with E-state index in [0.717, 1.165) is 89.3 Å². The molecule has 1 aliphatic heterocycles. The maximum Gasteiger partial charge on any atom is 0.391 e. The lowest BCUT2D eigenvalue weighted by Crippen LogP contribution is -2.39. The Balaban J connectivity index is 1.23. The second-order valence-corrected chi connectivity index (χ2v) is 16.9. The minimum absolute atomic E-state index is 0.0541. The highest BCUT2D eigenvalue weighted by molar-refractivity contribution is 5.16. The zero-order valence-electron chi connectivity index (χ0n) is 29.3. The van der Waals surface area contributed by atoms with E-state index in [9.17, 15) is 18.3 Å². The molecule has 46 heavy (non-hydrogen) atoms. The molecule has 1 heterocycles. The van der Waals surface area contributed by atoms with Crippen molar-refractivity contribution in [2.24, 2.45) is 65.1 Å². The van der Waals surface area contributed by atoms with Gasteiger partial charge in [0.1, 0.15) is 0 Å². The molecule has 0 radical (unpaired) electrons. The van der Waals surface area contributed by atoms with Gasteiger partial charge in [-0.2, -0.15) is 13.2 Å². The smallest absolute Gasteiger partial charge is 0.388 e. The van der Waals surface area contributed by atoms with Crippen molar-refractivity contribution in [3.63, 3.8) is 0 Å². The van der Waals surface area contributed by atoms with E-state index in [4.69, 9.17) is 4.74 Å². The largest absolute Gasteiger partial charge is 0.391 e. The van der Waals surface area contributed by atoms with Gasteiger partial charge in [0.25, 0.3) is 0 Å². The van der Waals surface area contributed by atoms with Crippen LogP contribution >= 0.6 is 0 Å². The highest BCUT2D eigenvalue weighted by Gasteiger charge is 2.47. The van der Waals surface area contributed by atoms with Crippen LogP contribution in [0.1, 0.15) is 130 Å². The van der Waals surface area contributed by atoms with E-state index in [0.29, 0.717) is 35.2 Å². The Morgan fingerprint density at radius 2 is 1.67 bits per heavy atom. The second-order valence-electron chi connectivity index (χ2n) is 16.9. The summed E-state index contributed by atoms with van der Waals surface area (Å²) in [4.78, 5) is 0. The van der Waals surface area contributed by atoms with Gasteiger partial charge in [0.15, 0.2) is 0 Å². The molecule has 5 rings (SSSR count). The molecule has 5 heteroatoms.